The molecule has 47 heavy (non-hydrogen) atoms. The Kier molecular flexibility index (Phi) is 10.4. The number of ether oxygens (including phenoxy) is 2. The average molecular weight is 663 g/mol. The molecule has 0 aliphatic carbocycles. The van der Waals surface area contributed by atoms with Gasteiger partial charge >= 0.3 is 12.4 Å². The molecule has 3 aromatic rings. The van der Waals surface area contributed by atoms with E-state index in [1.165, 1.54) is 0 Å². The molecule has 0 amide bonds. The molecule has 0 atom stereocenters. The first-order valence-electron chi connectivity index (χ1n) is 15.6. The number of likely N-dealkylation sites (N-methyl/N-ethyl adjacent to an activating group) is 1. The summed E-state index contributed by atoms with van der Waals surface area (Å²) in [4.78, 5) is 10.7. The van der Waals surface area contributed by atoms with Crippen LogP contribution in [0.1, 0.15) is 54.0 Å². The maximum Gasteiger partial charge on any atom is 0.416 e. The summed E-state index contributed by atoms with van der Waals surface area (Å²) in [6.45, 7) is 8.10. The highest BCUT2D eigenvalue weighted by Crippen LogP contribution is 2.39. The van der Waals surface area contributed by atoms with Gasteiger partial charge in [-0.1, -0.05) is 19.9 Å². The molecule has 12 heteroatoms. The van der Waals surface area contributed by atoms with Gasteiger partial charge in [-0.15, -0.1) is 0 Å². The summed E-state index contributed by atoms with van der Waals surface area (Å²) in [5, 5.41) is 0. The molecule has 0 saturated carbocycles. The highest BCUT2D eigenvalue weighted by molar-refractivity contribution is 5.76. The maximum atomic E-state index is 13.8. The number of hydrogen-bond donors (Lipinski definition) is 0. The number of alkyl halides is 6. The van der Waals surface area contributed by atoms with Crippen LogP contribution in [0.25, 0.3) is 5.57 Å². The van der Waals surface area contributed by atoms with Crippen LogP contribution in [0.2, 0.25) is 0 Å². The van der Waals surface area contributed by atoms with Crippen LogP contribution >= 0.6 is 0 Å². The second-order valence-electron chi connectivity index (χ2n) is 12.4. The number of nitrogens with zero attached hydrogens (tertiary/aromatic N) is 4. The second-order valence-corrected chi connectivity index (χ2v) is 12.4. The van der Waals surface area contributed by atoms with Gasteiger partial charge in [0.15, 0.2) is 0 Å². The first-order valence-corrected chi connectivity index (χ1v) is 15.6. The topological polar surface area (TPSA) is 41.1 Å². The number of aromatic nitrogens is 1. The van der Waals surface area contributed by atoms with E-state index in [4.69, 9.17) is 9.47 Å². The van der Waals surface area contributed by atoms with Crippen molar-refractivity contribution >= 4 is 17.1 Å². The lowest BCUT2D eigenvalue weighted by atomic mass is 9.89. The lowest BCUT2D eigenvalue weighted by Gasteiger charge is -2.34. The minimum atomic E-state index is -4.95. The zero-order chi connectivity index (χ0) is 33.9. The number of halogens is 6. The first-order chi connectivity index (χ1) is 22.2. The van der Waals surface area contributed by atoms with E-state index in [0.717, 1.165) is 46.6 Å². The van der Waals surface area contributed by atoms with Crippen LogP contribution < -0.4 is 14.5 Å². The van der Waals surface area contributed by atoms with Crippen LogP contribution in [0.4, 0.5) is 37.8 Å². The monoisotopic (exact) mass is 662 g/mol. The summed E-state index contributed by atoms with van der Waals surface area (Å²) in [5.41, 5.74) is 2.18. The van der Waals surface area contributed by atoms with Gasteiger partial charge in [0.1, 0.15) is 11.6 Å². The fourth-order valence-corrected chi connectivity index (χ4v) is 6.12. The molecule has 0 radical (unpaired) electrons. The van der Waals surface area contributed by atoms with Crippen molar-refractivity contribution in [3.8, 4) is 5.75 Å². The standard InChI is InChI=1S/C35H40F6N4O2/c1-23(2)25-5-7-32(46-4)31(17-25)30-9-10-43(3)21-26(30)22-45(33-8-6-29(19-42-33)44-11-13-47-14-12-44)20-24-15-27(34(36,37)38)18-28(16-24)35(39,40)41/h5-8,15-19,23H,9-14,20-22H2,1-4H3. The number of hydrogen-bond acceptors (Lipinski definition) is 6. The summed E-state index contributed by atoms with van der Waals surface area (Å²) < 4.78 is 94.0. The van der Waals surface area contributed by atoms with Gasteiger partial charge in [-0.05, 0) is 84.1 Å². The Morgan fingerprint density at radius 3 is 2.15 bits per heavy atom. The summed E-state index contributed by atoms with van der Waals surface area (Å²) in [6, 6.07) is 11.5. The first kappa shape index (κ1) is 34.6. The van der Waals surface area contributed by atoms with Gasteiger partial charge in [0, 0.05) is 44.8 Å². The molecule has 2 aliphatic rings. The molecule has 0 unspecified atom stereocenters. The van der Waals surface area contributed by atoms with E-state index in [2.05, 4.69) is 34.7 Å². The van der Waals surface area contributed by atoms with Crippen LogP contribution in [0.5, 0.6) is 5.75 Å². The van der Waals surface area contributed by atoms with E-state index >= 15 is 0 Å². The Balaban J connectivity index is 1.60. The number of anilines is 2. The smallest absolute Gasteiger partial charge is 0.416 e. The molecule has 1 aromatic heterocycles. The summed E-state index contributed by atoms with van der Waals surface area (Å²) in [7, 11) is 3.60. The molecule has 0 bridgehead atoms. The summed E-state index contributed by atoms with van der Waals surface area (Å²) in [5.74, 6) is 1.42. The molecule has 5 rings (SSSR count). The molecular weight excluding hydrogens is 622 g/mol. The molecule has 254 valence electrons. The molecule has 3 heterocycles. The van der Waals surface area contributed by atoms with Gasteiger partial charge in [-0.3, -0.25) is 0 Å². The van der Waals surface area contributed by atoms with Crippen LogP contribution in [0, 0.1) is 0 Å². The summed E-state index contributed by atoms with van der Waals surface area (Å²) in [6.07, 6.45) is -7.50. The van der Waals surface area contributed by atoms with Crippen molar-refractivity contribution in [2.24, 2.45) is 0 Å². The van der Waals surface area contributed by atoms with Gasteiger partial charge in [0.25, 0.3) is 0 Å². The minimum absolute atomic E-state index is 0.114. The van der Waals surface area contributed by atoms with E-state index < -0.39 is 23.5 Å². The van der Waals surface area contributed by atoms with Crippen molar-refractivity contribution in [1.29, 1.82) is 0 Å². The molecule has 0 spiro atoms. The van der Waals surface area contributed by atoms with Crippen molar-refractivity contribution in [1.82, 2.24) is 9.88 Å². The van der Waals surface area contributed by atoms with Crippen LogP contribution in [-0.2, 0) is 23.6 Å². The molecule has 2 aromatic carbocycles. The average Bonchev–Trinajstić information content (AvgIpc) is 3.04. The van der Waals surface area contributed by atoms with Crippen molar-refractivity contribution in [3.05, 3.63) is 88.1 Å². The van der Waals surface area contributed by atoms with Crippen molar-refractivity contribution in [2.45, 2.75) is 45.1 Å². The Morgan fingerprint density at radius 1 is 0.894 bits per heavy atom. The van der Waals surface area contributed by atoms with Gasteiger partial charge in [-0.25, -0.2) is 4.98 Å². The summed E-state index contributed by atoms with van der Waals surface area (Å²) >= 11 is 0. The zero-order valence-electron chi connectivity index (χ0n) is 27.0. The molecular formula is C35H40F6N4O2. The lowest BCUT2D eigenvalue weighted by molar-refractivity contribution is -0.143. The zero-order valence-corrected chi connectivity index (χ0v) is 27.0. The van der Waals surface area contributed by atoms with Crippen molar-refractivity contribution in [3.63, 3.8) is 0 Å². The van der Waals surface area contributed by atoms with Gasteiger partial charge in [-0.2, -0.15) is 26.3 Å². The molecule has 6 nitrogen and oxygen atoms in total. The van der Waals surface area contributed by atoms with Gasteiger partial charge in [0.2, 0.25) is 0 Å². The molecule has 2 aliphatic heterocycles. The molecule has 1 fully saturated rings. The number of morpholine rings is 1. The fraction of sp³-hybridized carbons (Fsp3) is 0.457. The normalized spacial score (nSPS) is 16.6. The minimum Gasteiger partial charge on any atom is -0.496 e. The highest BCUT2D eigenvalue weighted by atomic mass is 19.4. The third-order valence-electron chi connectivity index (χ3n) is 8.68. The predicted molar refractivity (Wildman–Crippen MR) is 171 cm³/mol. The van der Waals surface area contributed by atoms with E-state index in [0.29, 0.717) is 50.8 Å². The highest BCUT2D eigenvalue weighted by Gasteiger charge is 2.37. The lowest BCUT2D eigenvalue weighted by Crippen LogP contribution is -2.36. The molecule has 0 N–H and O–H groups in total. The number of benzene rings is 2. The Labute approximate surface area is 271 Å². The predicted octanol–water partition coefficient (Wildman–Crippen LogP) is 7.88. The van der Waals surface area contributed by atoms with E-state index in [1.807, 2.05) is 25.2 Å². The molecule has 1 saturated heterocycles. The number of methoxy groups -OCH3 is 1. The van der Waals surface area contributed by atoms with Crippen LogP contribution in [-0.4, -0.2) is 70.0 Å². The van der Waals surface area contributed by atoms with Gasteiger partial charge < -0.3 is 24.2 Å². The third kappa shape index (κ3) is 8.39. The quantitative estimate of drug-likeness (QED) is 0.217. The second kappa shape index (κ2) is 14.1. The number of pyridine rings is 1. The third-order valence-corrected chi connectivity index (χ3v) is 8.68. The van der Waals surface area contributed by atoms with Crippen LogP contribution in [0.3, 0.4) is 0 Å². The van der Waals surface area contributed by atoms with E-state index in [9.17, 15) is 26.3 Å². The van der Waals surface area contributed by atoms with Gasteiger partial charge in [0.05, 0.1) is 43.3 Å². The Morgan fingerprint density at radius 2 is 1.57 bits per heavy atom. The van der Waals surface area contributed by atoms with E-state index in [-0.39, 0.29) is 30.6 Å². The SMILES string of the molecule is COc1ccc(C(C)C)cc1C1=C(CN(Cc2cc(C(F)(F)F)cc(C(F)(F)F)c2)c2ccc(N3CCOCC3)cn2)CN(C)CC1. The van der Waals surface area contributed by atoms with Crippen molar-refractivity contribution < 1.29 is 35.8 Å². The van der Waals surface area contributed by atoms with Crippen molar-refractivity contribution in [2.75, 3.05) is 69.9 Å². The Hall–Kier alpha value is -3.77. The Bertz CT molecular complexity index is 1530. The largest absolute Gasteiger partial charge is 0.496 e. The maximum absolute atomic E-state index is 13.8. The fourth-order valence-electron chi connectivity index (χ4n) is 6.12. The number of rotatable bonds is 9. The van der Waals surface area contributed by atoms with E-state index in [1.54, 1.807) is 24.3 Å². The van der Waals surface area contributed by atoms with Crippen LogP contribution in [0.15, 0.2) is 60.3 Å².